The fraction of sp³-hybridized carbons (Fsp3) is 0.630. The van der Waals surface area contributed by atoms with Crippen LogP contribution >= 0.6 is 0 Å². The lowest BCUT2D eigenvalue weighted by Gasteiger charge is -2.27. The Kier molecular flexibility index (Phi) is 13.5. The molecule has 0 radical (unpaired) electrons. The first-order valence-electron chi connectivity index (χ1n) is 11.1. The van der Waals surface area contributed by atoms with Crippen molar-refractivity contribution in [3.63, 3.8) is 0 Å². The lowest BCUT2D eigenvalue weighted by molar-refractivity contribution is 0.0391. The predicted octanol–water partition coefficient (Wildman–Crippen LogP) is 8.40. The van der Waals surface area contributed by atoms with E-state index < -0.39 is 0 Å². The molecule has 2 heteroatoms. The first-order chi connectivity index (χ1) is 13.4. The maximum absolute atomic E-state index is 5.80. The Labute approximate surface area is 181 Å². The number of hydrogen-bond acceptors (Lipinski definition) is 2. The van der Waals surface area contributed by atoms with Crippen molar-refractivity contribution < 1.29 is 4.74 Å². The molecule has 1 N–H and O–H groups in total. The summed E-state index contributed by atoms with van der Waals surface area (Å²) >= 11 is 0. The second-order valence-corrected chi connectivity index (χ2v) is 9.57. The van der Waals surface area contributed by atoms with E-state index in [-0.39, 0.29) is 11.6 Å². The Morgan fingerprint density at radius 3 is 1.86 bits per heavy atom. The van der Waals surface area contributed by atoms with E-state index in [0.29, 0.717) is 5.88 Å². The van der Waals surface area contributed by atoms with Crippen molar-refractivity contribution in [1.29, 1.82) is 0 Å². The average molecular weight is 402 g/mol. The van der Waals surface area contributed by atoms with E-state index in [1.165, 1.54) is 23.1 Å². The van der Waals surface area contributed by atoms with Gasteiger partial charge in [0, 0.05) is 6.04 Å². The zero-order valence-electron chi connectivity index (χ0n) is 20.6. The Hall–Kier alpha value is -1.70. The van der Waals surface area contributed by atoms with Gasteiger partial charge in [0.25, 0.3) is 0 Å². The molecule has 29 heavy (non-hydrogen) atoms. The molecular formula is C27H47NO. The van der Waals surface area contributed by atoms with Crippen LogP contribution in [0.4, 0.5) is 0 Å². The van der Waals surface area contributed by atoms with Crippen molar-refractivity contribution in [2.75, 3.05) is 0 Å². The molecule has 0 rings (SSSR count). The van der Waals surface area contributed by atoms with Crippen molar-refractivity contribution in [2.45, 2.75) is 112 Å². The number of ether oxygens (including phenoxy) is 1. The second-order valence-electron chi connectivity index (χ2n) is 9.57. The van der Waals surface area contributed by atoms with Gasteiger partial charge < -0.3 is 10.1 Å². The third-order valence-electron chi connectivity index (χ3n) is 4.67. The monoisotopic (exact) mass is 401 g/mol. The summed E-state index contributed by atoms with van der Waals surface area (Å²) in [5.74, 6) is 0.629. The summed E-state index contributed by atoms with van der Waals surface area (Å²) < 4.78 is 5.80. The predicted molar refractivity (Wildman–Crippen MR) is 131 cm³/mol. The van der Waals surface area contributed by atoms with Gasteiger partial charge in [0.1, 0.15) is 5.60 Å². The van der Waals surface area contributed by atoms with Crippen molar-refractivity contribution in [3.8, 4) is 0 Å². The first-order valence-corrected chi connectivity index (χ1v) is 11.1. The number of rotatable bonds is 14. The van der Waals surface area contributed by atoms with Crippen molar-refractivity contribution in [3.05, 3.63) is 59.6 Å². The maximum atomic E-state index is 5.80. The third kappa shape index (κ3) is 16.9. The topological polar surface area (TPSA) is 21.3 Å². The van der Waals surface area contributed by atoms with E-state index in [1.54, 1.807) is 0 Å². The Bertz CT molecular complexity index is 595. The second kappa shape index (κ2) is 14.3. The highest BCUT2D eigenvalue weighted by molar-refractivity contribution is 5.07. The molecule has 2 nitrogen and oxygen atoms in total. The Balaban J connectivity index is 4.25. The minimum absolute atomic E-state index is 0.213. The van der Waals surface area contributed by atoms with E-state index in [1.807, 2.05) is 20.8 Å². The Morgan fingerprint density at radius 1 is 0.862 bits per heavy atom. The standard InChI is InChI=1S/C27H47NO/c1-21(2)15-13-17-24(6)19-14-18-23(5)16-11-12-20-26(22(3)4)28-25(7)29-27(8,9)10/h15-16,19,26,28H,3,7,11-14,17-18,20H2,1-2,4-6,8-10H3/b23-16+,24-19+. The van der Waals surface area contributed by atoms with E-state index >= 15 is 0 Å². The Morgan fingerprint density at radius 2 is 1.38 bits per heavy atom. The maximum Gasteiger partial charge on any atom is 0.180 e. The van der Waals surface area contributed by atoms with Crippen LogP contribution in [0.2, 0.25) is 0 Å². The highest BCUT2D eigenvalue weighted by Crippen LogP contribution is 2.16. The number of hydrogen-bond donors (Lipinski definition) is 1. The van der Waals surface area contributed by atoms with Crippen LogP contribution in [-0.4, -0.2) is 11.6 Å². The summed E-state index contributed by atoms with van der Waals surface area (Å²) in [5.41, 5.74) is 5.29. The van der Waals surface area contributed by atoms with Gasteiger partial charge in [0.2, 0.25) is 0 Å². The minimum Gasteiger partial charge on any atom is -0.474 e. The lowest BCUT2D eigenvalue weighted by Crippen LogP contribution is -2.33. The average Bonchev–Trinajstić information content (AvgIpc) is 2.55. The molecule has 0 spiro atoms. The smallest absolute Gasteiger partial charge is 0.180 e. The van der Waals surface area contributed by atoms with Crippen molar-refractivity contribution >= 4 is 0 Å². The number of unbranched alkanes of at least 4 members (excludes halogenated alkanes) is 1. The summed E-state index contributed by atoms with van der Waals surface area (Å²) in [4.78, 5) is 0. The number of allylic oxidation sites excluding steroid dienone is 6. The minimum atomic E-state index is -0.234. The van der Waals surface area contributed by atoms with Gasteiger partial charge in [-0.05, 0) is 107 Å². The van der Waals surface area contributed by atoms with Crippen LogP contribution in [0.15, 0.2) is 59.6 Å². The van der Waals surface area contributed by atoms with Crippen molar-refractivity contribution in [1.82, 2.24) is 5.32 Å². The summed E-state index contributed by atoms with van der Waals surface area (Å²) in [5, 5.41) is 3.38. The largest absolute Gasteiger partial charge is 0.474 e. The van der Waals surface area contributed by atoms with Crippen LogP contribution in [0.1, 0.15) is 100 Å². The van der Waals surface area contributed by atoms with Crippen LogP contribution in [-0.2, 0) is 4.74 Å². The van der Waals surface area contributed by atoms with Gasteiger partial charge in [-0.3, -0.25) is 0 Å². The van der Waals surface area contributed by atoms with Gasteiger partial charge in [0.05, 0.1) is 0 Å². The molecular weight excluding hydrogens is 354 g/mol. The van der Waals surface area contributed by atoms with Crippen LogP contribution in [0.3, 0.4) is 0 Å². The lowest BCUT2D eigenvalue weighted by atomic mass is 10.0. The fourth-order valence-corrected chi connectivity index (χ4v) is 3.04. The summed E-state index contributed by atoms with van der Waals surface area (Å²) in [6, 6.07) is 0.213. The van der Waals surface area contributed by atoms with Crippen LogP contribution in [0.5, 0.6) is 0 Å². The van der Waals surface area contributed by atoms with Gasteiger partial charge in [-0.25, -0.2) is 0 Å². The molecule has 0 aromatic rings. The molecule has 1 atom stereocenters. The van der Waals surface area contributed by atoms with Gasteiger partial charge in [-0.15, -0.1) is 0 Å². The molecule has 0 heterocycles. The quantitative estimate of drug-likeness (QED) is 0.179. The molecule has 0 aliphatic carbocycles. The molecule has 0 aromatic heterocycles. The zero-order chi connectivity index (χ0) is 22.4. The first kappa shape index (κ1) is 27.3. The molecule has 0 fully saturated rings. The van der Waals surface area contributed by atoms with E-state index in [9.17, 15) is 0 Å². The SMILES string of the molecule is C=C(NC(CCC/C=C(\C)CC/C=C(\C)CCC=C(C)C)C(=C)C)OC(C)(C)C. The highest BCUT2D eigenvalue weighted by atomic mass is 16.5. The summed E-state index contributed by atoms with van der Waals surface area (Å²) in [6.07, 6.45) is 15.0. The highest BCUT2D eigenvalue weighted by Gasteiger charge is 2.15. The molecule has 0 amide bonds. The molecule has 0 saturated heterocycles. The van der Waals surface area contributed by atoms with E-state index in [2.05, 4.69) is 71.3 Å². The number of nitrogens with one attached hydrogen (secondary N) is 1. The summed E-state index contributed by atoms with van der Waals surface area (Å²) in [6.45, 7) is 25.1. The third-order valence-corrected chi connectivity index (χ3v) is 4.67. The van der Waals surface area contributed by atoms with E-state index in [4.69, 9.17) is 4.74 Å². The molecule has 0 aromatic carbocycles. The molecule has 0 saturated carbocycles. The molecule has 0 bridgehead atoms. The molecule has 166 valence electrons. The molecule has 0 aliphatic heterocycles. The van der Waals surface area contributed by atoms with Crippen molar-refractivity contribution in [2.24, 2.45) is 0 Å². The fourth-order valence-electron chi connectivity index (χ4n) is 3.04. The zero-order valence-corrected chi connectivity index (χ0v) is 20.6. The summed E-state index contributed by atoms with van der Waals surface area (Å²) in [7, 11) is 0. The molecule has 1 unspecified atom stereocenters. The van der Waals surface area contributed by atoms with Gasteiger partial charge in [0.15, 0.2) is 5.88 Å². The van der Waals surface area contributed by atoms with Gasteiger partial charge in [-0.2, -0.15) is 0 Å². The normalized spacial score (nSPS) is 13.7. The van der Waals surface area contributed by atoms with Gasteiger partial charge >= 0.3 is 0 Å². The molecule has 0 aliphatic rings. The van der Waals surface area contributed by atoms with E-state index in [0.717, 1.165) is 44.1 Å². The van der Waals surface area contributed by atoms with Crippen LogP contribution < -0.4 is 5.32 Å². The van der Waals surface area contributed by atoms with Crippen LogP contribution in [0, 0.1) is 0 Å². The van der Waals surface area contributed by atoms with Gasteiger partial charge in [-0.1, -0.05) is 47.1 Å². The van der Waals surface area contributed by atoms with Crippen LogP contribution in [0.25, 0.3) is 0 Å².